The van der Waals surface area contributed by atoms with Gasteiger partial charge in [0, 0.05) is 7.05 Å². The van der Waals surface area contributed by atoms with E-state index in [9.17, 15) is 0 Å². The van der Waals surface area contributed by atoms with Gasteiger partial charge in [-0.15, -0.1) is 0 Å². The molecule has 0 radical (unpaired) electrons. The largest absolute Gasteiger partial charge is 0.388 e. The van der Waals surface area contributed by atoms with Crippen LogP contribution in [0.5, 0.6) is 0 Å². The Morgan fingerprint density at radius 3 is 2.95 bits per heavy atom. The van der Waals surface area contributed by atoms with Crippen molar-refractivity contribution in [3.05, 3.63) is 59.7 Å². The molecule has 22 heavy (non-hydrogen) atoms. The molecule has 0 unspecified atom stereocenters. The van der Waals surface area contributed by atoms with Crippen LogP contribution in [0.25, 0.3) is 5.57 Å². The SMILES string of the molecule is CC1=CC(c2cccc(N=C(N)N(C)/N=C/N)c2)=CCC=C1. The van der Waals surface area contributed by atoms with E-state index in [1.54, 1.807) is 7.05 Å². The summed E-state index contributed by atoms with van der Waals surface area (Å²) in [4.78, 5) is 4.36. The predicted molar refractivity (Wildman–Crippen MR) is 93.7 cm³/mol. The van der Waals surface area contributed by atoms with Crippen molar-refractivity contribution in [1.29, 1.82) is 0 Å². The van der Waals surface area contributed by atoms with Crippen molar-refractivity contribution in [1.82, 2.24) is 5.01 Å². The van der Waals surface area contributed by atoms with Crippen molar-refractivity contribution in [2.75, 3.05) is 7.05 Å². The van der Waals surface area contributed by atoms with Crippen LogP contribution in [0.3, 0.4) is 0 Å². The fraction of sp³-hybridized carbons (Fsp3) is 0.176. The minimum Gasteiger partial charge on any atom is -0.388 e. The minimum absolute atomic E-state index is 0.280. The minimum atomic E-state index is 0.280. The first kappa shape index (κ1) is 15.6. The zero-order valence-electron chi connectivity index (χ0n) is 12.9. The first-order chi connectivity index (χ1) is 10.6. The molecular formula is C17H21N5. The third-order valence-corrected chi connectivity index (χ3v) is 3.23. The summed E-state index contributed by atoms with van der Waals surface area (Å²) in [6.07, 6.45) is 10.7. The molecule has 2 rings (SSSR count). The third kappa shape index (κ3) is 4.09. The Kier molecular flexibility index (Phi) is 5.14. The molecule has 0 amide bonds. The molecule has 0 bridgehead atoms. The van der Waals surface area contributed by atoms with Crippen molar-refractivity contribution in [3.63, 3.8) is 0 Å². The van der Waals surface area contributed by atoms with E-state index in [1.807, 2.05) is 18.2 Å². The van der Waals surface area contributed by atoms with Crippen molar-refractivity contribution >= 4 is 23.6 Å². The van der Waals surface area contributed by atoms with Crippen molar-refractivity contribution in [2.24, 2.45) is 21.6 Å². The highest BCUT2D eigenvalue weighted by molar-refractivity contribution is 5.82. The Bertz CT molecular complexity index is 680. The van der Waals surface area contributed by atoms with E-state index in [-0.39, 0.29) is 5.96 Å². The summed E-state index contributed by atoms with van der Waals surface area (Å²) in [5, 5.41) is 5.28. The maximum absolute atomic E-state index is 5.88. The maximum atomic E-state index is 5.88. The summed E-state index contributed by atoms with van der Waals surface area (Å²) >= 11 is 0. The molecule has 1 aromatic rings. The lowest BCUT2D eigenvalue weighted by Crippen LogP contribution is -2.29. The number of guanidine groups is 1. The summed E-state index contributed by atoms with van der Waals surface area (Å²) in [7, 11) is 1.69. The lowest BCUT2D eigenvalue weighted by atomic mass is 10.0. The summed E-state index contributed by atoms with van der Waals surface area (Å²) in [5.74, 6) is 0.280. The number of nitrogens with two attached hydrogens (primary N) is 2. The highest BCUT2D eigenvalue weighted by Crippen LogP contribution is 2.25. The molecule has 114 valence electrons. The molecule has 0 aromatic heterocycles. The Morgan fingerprint density at radius 2 is 2.18 bits per heavy atom. The number of hydrogen-bond donors (Lipinski definition) is 2. The number of allylic oxidation sites excluding steroid dienone is 6. The van der Waals surface area contributed by atoms with Gasteiger partial charge in [0.2, 0.25) is 5.96 Å². The van der Waals surface area contributed by atoms with Gasteiger partial charge in [-0.2, -0.15) is 5.10 Å². The summed E-state index contributed by atoms with van der Waals surface area (Å²) in [6.45, 7) is 2.09. The van der Waals surface area contributed by atoms with Gasteiger partial charge in [-0.1, -0.05) is 42.0 Å². The topological polar surface area (TPSA) is 80.0 Å². The Balaban J connectivity index is 2.29. The van der Waals surface area contributed by atoms with Crippen LogP contribution < -0.4 is 11.5 Å². The molecule has 0 aliphatic heterocycles. The van der Waals surface area contributed by atoms with E-state index in [2.05, 4.69) is 47.4 Å². The van der Waals surface area contributed by atoms with E-state index in [1.165, 1.54) is 22.5 Å². The zero-order chi connectivity index (χ0) is 15.9. The number of aliphatic imine (C=N–C) groups is 1. The van der Waals surface area contributed by atoms with E-state index in [0.717, 1.165) is 17.7 Å². The standard InChI is InChI=1S/C17H21N5/c1-13-6-3-4-7-14(10-13)15-8-5-9-16(11-15)21-17(19)22(2)20-12-18/h3,5-12H,4H2,1-2H3,(H2,18,20)(H2,19,21). The number of rotatable bonds is 3. The molecule has 5 heteroatoms. The lowest BCUT2D eigenvalue weighted by molar-refractivity contribution is 0.540. The summed E-state index contributed by atoms with van der Waals surface area (Å²) in [6, 6.07) is 7.95. The molecule has 1 aliphatic rings. The Labute approximate surface area is 131 Å². The van der Waals surface area contributed by atoms with E-state index in [0.29, 0.717) is 0 Å². The van der Waals surface area contributed by atoms with E-state index in [4.69, 9.17) is 11.5 Å². The molecule has 0 saturated heterocycles. The normalized spacial score (nSPS) is 15.5. The van der Waals surface area contributed by atoms with Crippen LogP contribution in [-0.2, 0) is 0 Å². The Hall–Kier alpha value is -2.82. The van der Waals surface area contributed by atoms with Gasteiger partial charge < -0.3 is 11.5 Å². The summed E-state index contributed by atoms with van der Waals surface area (Å²) in [5.41, 5.74) is 15.4. The van der Waals surface area contributed by atoms with Crippen LogP contribution in [0, 0.1) is 0 Å². The second kappa shape index (κ2) is 7.26. The predicted octanol–water partition coefficient (Wildman–Crippen LogP) is 2.76. The average molecular weight is 295 g/mol. The molecule has 0 fully saturated rings. The quantitative estimate of drug-likeness (QED) is 0.511. The van der Waals surface area contributed by atoms with Gasteiger partial charge in [-0.25, -0.2) is 10.0 Å². The number of nitrogens with zero attached hydrogens (tertiary/aromatic N) is 3. The second-order valence-electron chi connectivity index (χ2n) is 4.99. The van der Waals surface area contributed by atoms with Crippen LogP contribution in [0.4, 0.5) is 5.69 Å². The van der Waals surface area contributed by atoms with Crippen LogP contribution in [0.2, 0.25) is 0 Å². The monoisotopic (exact) mass is 295 g/mol. The first-order valence-electron chi connectivity index (χ1n) is 7.07. The highest BCUT2D eigenvalue weighted by Gasteiger charge is 2.04. The van der Waals surface area contributed by atoms with Gasteiger partial charge in [0.05, 0.1) is 5.69 Å². The number of benzene rings is 1. The third-order valence-electron chi connectivity index (χ3n) is 3.23. The molecule has 1 aromatic carbocycles. The van der Waals surface area contributed by atoms with Crippen LogP contribution >= 0.6 is 0 Å². The first-order valence-corrected chi connectivity index (χ1v) is 7.07. The van der Waals surface area contributed by atoms with Gasteiger partial charge in [0.15, 0.2) is 0 Å². The molecule has 0 saturated carbocycles. The van der Waals surface area contributed by atoms with Crippen molar-refractivity contribution in [3.8, 4) is 0 Å². The van der Waals surface area contributed by atoms with Gasteiger partial charge in [0.1, 0.15) is 6.34 Å². The average Bonchev–Trinajstić information content (AvgIpc) is 2.72. The zero-order valence-corrected chi connectivity index (χ0v) is 12.9. The smallest absolute Gasteiger partial charge is 0.217 e. The van der Waals surface area contributed by atoms with Crippen LogP contribution in [-0.4, -0.2) is 24.4 Å². The van der Waals surface area contributed by atoms with E-state index < -0.39 is 0 Å². The Morgan fingerprint density at radius 1 is 1.36 bits per heavy atom. The van der Waals surface area contributed by atoms with Gasteiger partial charge in [-0.05, 0) is 36.6 Å². The molecule has 0 atom stereocenters. The molecule has 4 N–H and O–H groups in total. The van der Waals surface area contributed by atoms with Gasteiger partial charge >= 0.3 is 0 Å². The summed E-state index contributed by atoms with van der Waals surface area (Å²) < 4.78 is 0. The molecule has 0 heterocycles. The van der Waals surface area contributed by atoms with E-state index >= 15 is 0 Å². The highest BCUT2D eigenvalue weighted by atomic mass is 15.5. The van der Waals surface area contributed by atoms with Crippen LogP contribution in [0.1, 0.15) is 18.9 Å². The van der Waals surface area contributed by atoms with Gasteiger partial charge in [0.25, 0.3) is 0 Å². The molecule has 1 aliphatic carbocycles. The second-order valence-corrected chi connectivity index (χ2v) is 4.99. The maximum Gasteiger partial charge on any atom is 0.217 e. The molecule has 5 nitrogen and oxygen atoms in total. The lowest BCUT2D eigenvalue weighted by Gasteiger charge is -2.11. The fourth-order valence-electron chi connectivity index (χ4n) is 2.12. The molecule has 0 spiro atoms. The number of hydrogen-bond acceptors (Lipinski definition) is 2. The fourth-order valence-corrected chi connectivity index (χ4v) is 2.12. The van der Waals surface area contributed by atoms with Gasteiger partial charge in [-0.3, -0.25) is 0 Å². The molecular weight excluding hydrogens is 274 g/mol. The number of hydrazone groups is 1. The van der Waals surface area contributed by atoms with Crippen molar-refractivity contribution < 1.29 is 0 Å². The van der Waals surface area contributed by atoms with Crippen LogP contribution in [0.15, 0.2) is 64.2 Å². The van der Waals surface area contributed by atoms with Crippen molar-refractivity contribution in [2.45, 2.75) is 13.3 Å².